The van der Waals surface area contributed by atoms with Crippen molar-refractivity contribution in [2.45, 2.75) is 129 Å². The minimum absolute atomic E-state index is 0.0836. The molecular weight excluding hydrogens is 974 g/mol. The minimum Gasteiger partial charge on any atom is -0.464 e. The van der Waals surface area contributed by atoms with E-state index in [9.17, 15) is 14.5 Å². The van der Waals surface area contributed by atoms with Crippen LogP contribution in [0.1, 0.15) is 124 Å². The fourth-order valence-electron chi connectivity index (χ4n) is 7.00. The predicted molar refractivity (Wildman–Crippen MR) is 326 cm³/mol. The number of hydrogen-bond donors (Lipinski definition) is 0. The molecule has 0 amide bonds. The lowest BCUT2D eigenvalue weighted by Gasteiger charge is -2.02. The van der Waals surface area contributed by atoms with E-state index in [4.69, 9.17) is 22.1 Å². The Hall–Kier alpha value is -8.17. The van der Waals surface area contributed by atoms with Crippen molar-refractivity contribution >= 4 is 5.69 Å². The number of unbranched alkanes of at least 4 members (excludes halogenated alkanes) is 3. The molecule has 0 unspecified atom stereocenters. The third-order valence-corrected chi connectivity index (χ3v) is 10.5. The maximum Gasteiger partial charge on any atom is 0.269 e. The van der Waals surface area contributed by atoms with Gasteiger partial charge in [-0.1, -0.05) is 167 Å². The van der Waals surface area contributed by atoms with Crippen molar-refractivity contribution in [1.82, 2.24) is 0 Å². The average molecular weight is 1060 g/mol. The molecule has 78 heavy (non-hydrogen) atoms. The molecule has 416 valence electrons. The van der Waals surface area contributed by atoms with Gasteiger partial charge < -0.3 is 22.1 Å². The smallest absolute Gasteiger partial charge is 0.269 e. The molecule has 0 bridgehead atoms. The zero-order valence-electron chi connectivity index (χ0n) is 48.8. The van der Waals surface area contributed by atoms with Crippen LogP contribution in [-0.2, 0) is 6.42 Å². The molecule has 8 nitrogen and oxygen atoms in total. The summed E-state index contributed by atoms with van der Waals surface area (Å²) in [6, 6.07) is 54.8. The van der Waals surface area contributed by atoms with E-state index in [1.807, 2.05) is 112 Å². The van der Waals surface area contributed by atoms with Gasteiger partial charge in [0.15, 0.2) is 0 Å². The first-order chi connectivity index (χ1) is 38.1. The topological polar surface area (TPSA) is 109 Å². The van der Waals surface area contributed by atoms with Gasteiger partial charge >= 0.3 is 0 Å². The number of nitro groups is 1. The molecule has 0 spiro atoms. The van der Waals surface area contributed by atoms with Gasteiger partial charge in [-0.3, -0.25) is 10.1 Å². The third-order valence-electron chi connectivity index (χ3n) is 10.5. The summed E-state index contributed by atoms with van der Waals surface area (Å²) < 4.78 is 38.7. The molecule has 5 heterocycles. The monoisotopic (exact) mass is 1060 g/mol. The third kappa shape index (κ3) is 25.6. The minimum atomic E-state index is -0.425. The highest BCUT2D eigenvalue weighted by Gasteiger charge is 2.07. The van der Waals surface area contributed by atoms with Crippen molar-refractivity contribution in [3.05, 3.63) is 245 Å². The first-order valence-corrected chi connectivity index (χ1v) is 27.6. The Morgan fingerprint density at radius 2 is 0.705 bits per heavy atom. The highest BCUT2D eigenvalue weighted by molar-refractivity contribution is 5.61. The van der Waals surface area contributed by atoms with E-state index in [2.05, 4.69) is 94.4 Å². The van der Waals surface area contributed by atoms with E-state index in [0.717, 1.165) is 50.9 Å². The molecular formula is C69H86FNO7. The maximum atomic E-state index is 12.5. The van der Waals surface area contributed by atoms with Crippen LogP contribution in [0, 0.1) is 36.7 Å². The first kappa shape index (κ1) is 67.8. The molecule has 9 heteroatoms. The van der Waals surface area contributed by atoms with Crippen molar-refractivity contribution in [1.29, 1.82) is 0 Å². The summed E-state index contributed by atoms with van der Waals surface area (Å²) >= 11 is 0. The van der Waals surface area contributed by atoms with Gasteiger partial charge in [0.2, 0.25) is 0 Å². The Kier molecular flexibility index (Phi) is 36.5. The molecule has 0 aliphatic carbocycles. The van der Waals surface area contributed by atoms with E-state index < -0.39 is 4.92 Å². The van der Waals surface area contributed by atoms with E-state index in [1.54, 1.807) is 73.8 Å². The predicted octanol–water partition coefficient (Wildman–Crippen LogP) is 23.0. The van der Waals surface area contributed by atoms with Crippen LogP contribution in [0.2, 0.25) is 0 Å². The lowest BCUT2D eigenvalue weighted by Crippen LogP contribution is -1.86. The Morgan fingerprint density at radius 1 is 0.385 bits per heavy atom. The highest BCUT2D eigenvalue weighted by Crippen LogP contribution is 2.25. The Bertz CT molecular complexity index is 2790. The van der Waals surface area contributed by atoms with E-state index in [1.165, 1.54) is 78.6 Å². The second kappa shape index (κ2) is 42.0. The Labute approximate surface area is 466 Å². The van der Waals surface area contributed by atoms with E-state index >= 15 is 0 Å². The quantitative estimate of drug-likeness (QED) is 0.0721. The number of nitrogens with zero attached hydrogens (tertiary/aromatic N) is 1. The molecule has 0 saturated heterocycles. The Balaban J connectivity index is 0.000000470. The van der Waals surface area contributed by atoms with Crippen molar-refractivity contribution in [3.63, 3.8) is 0 Å². The fraction of sp³-hybridized carbons (Fsp3) is 0.275. The molecule has 10 rings (SSSR count). The molecule has 0 saturated carbocycles. The van der Waals surface area contributed by atoms with Crippen LogP contribution in [-0.4, -0.2) is 4.92 Å². The van der Waals surface area contributed by atoms with Crippen LogP contribution >= 0.6 is 0 Å². The second-order valence-electron chi connectivity index (χ2n) is 15.9. The molecule has 5 aromatic heterocycles. The summed E-state index contributed by atoms with van der Waals surface area (Å²) in [6.07, 6.45) is 14.8. The lowest BCUT2D eigenvalue weighted by atomic mass is 10.0. The molecule has 10 aromatic rings. The van der Waals surface area contributed by atoms with Crippen molar-refractivity contribution in [2.24, 2.45) is 0 Å². The van der Waals surface area contributed by atoms with Crippen LogP contribution in [0.5, 0.6) is 0 Å². The number of aryl methyl sites for hydroxylation is 4. The van der Waals surface area contributed by atoms with E-state index in [0.29, 0.717) is 5.76 Å². The fourth-order valence-corrected chi connectivity index (χ4v) is 7.00. The molecule has 0 fully saturated rings. The number of halogens is 1. The number of nitro benzene ring substituents is 1. The number of rotatable bonds is 11. The van der Waals surface area contributed by atoms with Crippen LogP contribution in [0.25, 0.3) is 56.6 Å². The summed E-state index contributed by atoms with van der Waals surface area (Å²) in [7, 11) is 0. The van der Waals surface area contributed by atoms with Gasteiger partial charge in [-0.25, -0.2) is 4.39 Å². The summed E-state index contributed by atoms with van der Waals surface area (Å²) in [5, 5.41) is 10.4. The van der Waals surface area contributed by atoms with Gasteiger partial charge in [-0.05, 0) is 148 Å². The van der Waals surface area contributed by atoms with Crippen LogP contribution < -0.4 is 0 Å². The lowest BCUT2D eigenvalue weighted by molar-refractivity contribution is -0.384. The van der Waals surface area contributed by atoms with E-state index in [-0.39, 0.29) is 11.5 Å². The van der Waals surface area contributed by atoms with Crippen molar-refractivity contribution < 1.29 is 31.4 Å². The van der Waals surface area contributed by atoms with Gasteiger partial charge in [-0.2, -0.15) is 0 Å². The summed E-state index contributed by atoms with van der Waals surface area (Å²) in [6.45, 7) is 28.5. The van der Waals surface area contributed by atoms with Crippen LogP contribution in [0.4, 0.5) is 10.1 Å². The molecule has 0 aliphatic rings. The zero-order valence-corrected chi connectivity index (χ0v) is 48.8. The summed E-state index contributed by atoms with van der Waals surface area (Å²) in [5.74, 6) is 4.05. The van der Waals surface area contributed by atoms with Crippen molar-refractivity contribution in [2.75, 3.05) is 0 Å². The first-order valence-electron chi connectivity index (χ1n) is 27.6. The molecule has 0 atom stereocenters. The molecule has 0 aliphatic heterocycles. The number of hydrogen-bond acceptors (Lipinski definition) is 7. The maximum absolute atomic E-state index is 12.5. The Morgan fingerprint density at radius 3 is 1.03 bits per heavy atom. The number of benzene rings is 5. The van der Waals surface area contributed by atoms with Crippen LogP contribution in [0.15, 0.2) is 229 Å². The normalized spacial score (nSPS) is 9.32. The van der Waals surface area contributed by atoms with Gasteiger partial charge in [0, 0.05) is 39.9 Å². The SMILES string of the molecule is CC.CC.CC.CC.CC.CCCCCCc1ccc(-c2ccco2)cc1.Cc1cc(C)cc(-c2ccco2)c1.Cc1ccc(-c2ccco2)cc1.Fc1ccc(-c2ccco2)cc1.O=[N+]([O-])c1ccc(-c2ccco2)cc1. The molecule has 0 N–H and O–H groups in total. The second-order valence-corrected chi connectivity index (χ2v) is 15.9. The molecule has 5 aromatic carbocycles. The standard InChI is InChI=1S/C16H20O.C12H12O.C11H10O.C10H7FO.C10H7NO3.5C2H6/c1-2-3-4-5-7-14-9-11-15(12-10-14)16-8-6-13-17-16;1-9-6-10(2)8-11(7-9)12-4-3-5-13-12;1-9-4-6-10(7-5-9)11-3-2-8-12-11;11-9-5-3-8(4-6-9)10-2-1-7-12-10;12-11(13)9-5-3-8(4-6-9)10-2-1-7-14-10;5*1-2/h6,8-13H,2-5,7H2,1H3;3-8H,1-2H3;2-8H,1H3;1-7H;1-7H;5*1-2H3. The zero-order chi connectivity index (χ0) is 57.9. The summed E-state index contributed by atoms with van der Waals surface area (Å²) in [4.78, 5) is 9.96. The van der Waals surface area contributed by atoms with Gasteiger partial charge in [0.1, 0.15) is 34.6 Å². The van der Waals surface area contributed by atoms with Gasteiger partial charge in [-0.15, -0.1) is 0 Å². The highest BCUT2D eigenvalue weighted by atomic mass is 19.1. The van der Waals surface area contributed by atoms with Crippen molar-refractivity contribution in [3.8, 4) is 56.6 Å². The molecule has 0 radical (unpaired) electrons. The number of furan rings is 5. The average Bonchev–Trinajstić information content (AvgIpc) is 4.37. The van der Waals surface area contributed by atoms with Gasteiger partial charge in [0.05, 0.1) is 36.2 Å². The summed E-state index contributed by atoms with van der Waals surface area (Å²) in [5.41, 5.74) is 10.5. The largest absolute Gasteiger partial charge is 0.464 e. The van der Waals surface area contributed by atoms with Crippen LogP contribution in [0.3, 0.4) is 0 Å². The number of non-ortho nitro benzene ring substituents is 1. The van der Waals surface area contributed by atoms with Gasteiger partial charge in [0.25, 0.3) is 5.69 Å².